The first kappa shape index (κ1) is 15.5. The maximum Gasteiger partial charge on any atom is 0.299 e. The molecule has 0 aromatic heterocycles. The third-order valence-corrected chi connectivity index (χ3v) is 5.64. The Morgan fingerprint density at radius 3 is 2.45 bits per heavy atom. The third kappa shape index (κ3) is 2.51. The van der Waals surface area contributed by atoms with E-state index in [2.05, 4.69) is 29.8 Å². The van der Waals surface area contributed by atoms with Gasteiger partial charge in [-0.05, 0) is 36.5 Å². The molecule has 0 radical (unpaired) electrons. The number of hydrogen-bond acceptors (Lipinski definition) is 2. The first-order chi connectivity index (χ1) is 9.48. The zero-order valence-corrected chi connectivity index (χ0v) is 13.9. The van der Waals surface area contributed by atoms with Crippen LogP contribution in [0.1, 0.15) is 37.0 Å². The maximum atomic E-state index is 12.2. The molecule has 0 bridgehead atoms. The molecule has 1 amide bonds. The van der Waals surface area contributed by atoms with Gasteiger partial charge < -0.3 is 4.90 Å². The fourth-order valence-electron chi connectivity index (χ4n) is 2.46. The molecule has 20 heavy (non-hydrogen) atoms. The molecule has 0 spiro atoms. The summed E-state index contributed by atoms with van der Waals surface area (Å²) in [7, 11) is 0. The lowest BCUT2D eigenvalue weighted by Gasteiger charge is -2.34. The van der Waals surface area contributed by atoms with Gasteiger partial charge in [0.05, 0.1) is 11.3 Å². The standard InChI is InChI=1S/C15H17BrClNO2/c1-3-15(4-2,8-16)9-18-12-7-10(17)5-6-11(12)13(19)14(18)20/h5-7H,3-4,8-9H2,1-2H3. The molecule has 2 rings (SSSR count). The Balaban J connectivity index is 2.41. The minimum Gasteiger partial charge on any atom is -0.304 e. The fraction of sp³-hybridized carbons (Fsp3) is 0.467. The highest BCUT2D eigenvalue weighted by Crippen LogP contribution is 2.37. The molecule has 0 fully saturated rings. The lowest BCUT2D eigenvalue weighted by molar-refractivity contribution is -0.114. The predicted octanol–water partition coefficient (Wildman–Crippen LogP) is 4.07. The van der Waals surface area contributed by atoms with Gasteiger partial charge >= 0.3 is 0 Å². The molecule has 1 aliphatic rings. The Kier molecular flexibility index (Phi) is 4.55. The molecule has 1 aliphatic heterocycles. The van der Waals surface area contributed by atoms with Crippen molar-refractivity contribution in [3.63, 3.8) is 0 Å². The first-order valence-corrected chi connectivity index (χ1v) is 8.19. The summed E-state index contributed by atoms with van der Waals surface area (Å²) >= 11 is 9.54. The lowest BCUT2D eigenvalue weighted by atomic mass is 9.84. The molecule has 0 atom stereocenters. The molecule has 1 aromatic carbocycles. The van der Waals surface area contributed by atoms with Crippen LogP contribution in [0.15, 0.2) is 18.2 Å². The highest BCUT2D eigenvalue weighted by molar-refractivity contribution is 9.09. The summed E-state index contributed by atoms with van der Waals surface area (Å²) in [4.78, 5) is 25.8. The zero-order valence-electron chi connectivity index (χ0n) is 11.6. The van der Waals surface area contributed by atoms with Crippen LogP contribution in [0.25, 0.3) is 0 Å². The second-order valence-corrected chi connectivity index (χ2v) is 6.22. The summed E-state index contributed by atoms with van der Waals surface area (Å²) in [6, 6.07) is 4.97. The topological polar surface area (TPSA) is 37.4 Å². The van der Waals surface area contributed by atoms with Crippen LogP contribution in [0.3, 0.4) is 0 Å². The largest absolute Gasteiger partial charge is 0.304 e. The van der Waals surface area contributed by atoms with Gasteiger partial charge in [-0.2, -0.15) is 0 Å². The molecule has 0 saturated heterocycles. The Hall–Kier alpha value is -0.870. The quantitative estimate of drug-likeness (QED) is 0.588. The van der Waals surface area contributed by atoms with Gasteiger partial charge in [0.25, 0.3) is 11.7 Å². The molecule has 0 unspecified atom stereocenters. The molecule has 0 aliphatic carbocycles. The first-order valence-electron chi connectivity index (χ1n) is 6.69. The Labute approximate surface area is 132 Å². The maximum absolute atomic E-state index is 12.2. The fourth-order valence-corrected chi connectivity index (χ4v) is 3.60. The number of alkyl halides is 1. The number of hydrogen-bond donors (Lipinski definition) is 0. The van der Waals surface area contributed by atoms with E-state index in [1.54, 1.807) is 23.1 Å². The molecule has 1 heterocycles. The predicted molar refractivity (Wildman–Crippen MR) is 84.9 cm³/mol. The van der Waals surface area contributed by atoms with Crippen LogP contribution >= 0.6 is 27.5 Å². The molecule has 1 aromatic rings. The van der Waals surface area contributed by atoms with Crippen molar-refractivity contribution in [3.8, 4) is 0 Å². The van der Waals surface area contributed by atoms with Gasteiger partial charge in [0.15, 0.2) is 0 Å². The smallest absolute Gasteiger partial charge is 0.299 e. The third-order valence-electron chi connectivity index (χ3n) is 4.21. The number of rotatable bonds is 5. The average Bonchev–Trinajstić information content (AvgIpc) is 2.69. The van der Waals surface area contributed by atoms with Crippen LogP contribution in [-0.4, -0.2) is 23.6 Å². The number of fused-ring (bicyclic) bond motifs is 1. The van der Waals surface area contributed by atoms with E-state index in [1.165, 1.54) is 0 Å². The zero-order chi connectivity index (χ0) is 14.9. The minimum atomic E-state index is -0.450. The van der Waals surface area contributed by atoms with E-state index in [1.807, 2.05) is 0 Å². The van der Waals surface area contributed by atoms with E-state index in [0.29, 0.717) is 22.8 Å². The van der Waals surface area contributed by atoms with Crippen LogP contribution in [0.5, 0.6) is 0 Å². The molecule has 108 valence electrons. The van der Waals surface area contributed by atoms with Crippen LogP contribution in [-0.2, 0) is 4.79 Å². The number of benzene rings is 1. The second kappa shape index (κ2) is 5.86. The van der Waals surface area contributed by atoms with E-state index in [-0.39, 0.29) is 5.41 Å². The number of nitrogens with zero attached hydrogens (tertiary/aromatic N) is 1. The van der Waals surface area contributed by atoms with Gasteiger partial charge in [-0.25, -0.2) is 0 Å². The average molecular weight is 359 g/mol. The normalized spacial score (nSPS) is 14.9. The van der Waals surface area contributed by atoms with Crippen molar-refractivity contribution < 1.29 is 9.59 Å². The van der Waals surface area contributed by atoms with Crippen LogP contribution in [0.4, 0.5) is 5.69 Å². The minimum absolute atomic E-state index is 0.0279. The van der Waals surface area contributed by atoms with Crippen LogP contribution in [0, 0.1) is 5.41 Å². The number of ketones is 1. The van der Waals surface area contributed by atoms with Crippen molar-refractivity contribution in [3.05, 3.63) is 28.8 Å². The van der Waals surface area contributed by atoms with Gasteiger partial charge in [0.1, 0.15) is 0 Å². The number of Topliss-reactive ketones (excluding diaryl/α,β-unsaturated/α-hetero) is 1. The Morgan fingerprint density at radius 2 is 1.90 bits per heavy atom. The molecular formula is C15H17BrClNO2. The summed E-state index contributed by atoms with van der Waals surface area (Å²) in [5.41, 5.74) is 1.06. The summed E-state index contributed by atoms with van der Waals surface area (Å²) in [5, 5.41) is 1.33. The van der Waals surface area contributed by atoms with Crippen LogP contribution < -0.4 is 4.90 Å². The SMILES string of the molecule is CCC(CC)(CBr)CN1C(=O)C(=O)c2ccc(Cl)cc21. The van der Waals surface area contributed by atoms with Crippen molar-refractivity contribution in [1.82, 2.24) is 0 Å². The summed E-state index contributed by atoms with van der Waals surface area (Å²) < 4.78 is 0. The van der Waals surface area contributed by atoms with Crippen molar-refractivity contribution in [2.24, 2.45) is 5.41 Å². The highest BCUT2D eigenvalue weighted by atomic mass is 79.9. The van der Waals surface area contributed by atoms with Crippen molar-refractivity contribution >= 4 is 44.9 Å². The summed E-state index contributed by atoms with van der Waals surface area (Å²) in [6.45, 7) is 4.74. The van der Waals surface area contributed by atoms with Gasteiger partial charge in [-0.3, -0.25) is 9.59 Å². The molecule has 3 nitrogen and oxygen atoms in total. The number of carbonyl (C=O) groups is 2. The molecular weight excluding hydrogens is 342 g/mol. The number of anilines is 1. The molecule has 5 heteroatoms. The number of carbonyl (C=O) groups excluding carboxylic acids is 2. The number of halogens is 2. The monoisotopic (exact) mass is 357 g/mol. The Morgan fingerprint density at radius 1 is 1.25 bits per heavy atom. The van der Waals surface area contributed by atoms with Crippen molar-refractivity contribution in [2.75, 3.05) is 16.8 Å². The van der Waals surface area contributed by atoms with E-state index in [4.69, 9.17) is 11.6 Å². The second-order valence-electron chi connectivity index (χ2n) is 5.22. The van der Waals surface area contributed by atoms with Crippen LogP contribution in [0.2, 0.25) is 5.02 Å². The van der Waals surface area contributed by atoms with E-state index in [0.717, 1.165) is 18.2 Å². The lowest BCUT2D eigenvalue weighted by Crippen LogP contribution is -2.41. The van der Waals surface area contributed by atoms with E-state index in [9.17, 15) is 9.59 Å². The van der Waals surface area contributed by atoms with Gasteiger partial charge in [-0.1, -0.05) is 41.4 Å². The van der Waals surface area contributed by atoms with Gasteiger partial charge in [-0.15, -0.1) is 0 Å². The van der Waals surface area contributed by atoms with Gasteiger partial charge in [0, 0.05) is 16.9 Å². The number of amides is 1. The van der Waals surface area contributed by atoms with Gasteiger partial charge in [0.2, 0.25) is 0 Å². The van der Waals surface area contributed by atoms with E-state index >= 15 is 0 Å². The van der Waals surface area contributed by atoms with E-state index < -0.39 is 11.7 Å². The highest BCUT2D eigenvalue weighted by Gasteiger charge is 2.40. The Bertz CT molecular complexity index is 547. The van der Waals surface area contributed by atoms with Crippen molar-refractivity contribution in [1.29, 1.82) is 0 Å². The molecule has 0 saturated carbocycles. The van der Waals surface area contributed by atoms with Crippen molar-refractivity contribution in [2.45, 2.75) is 26.7 Å². The summed E-state index contributed by atoms with van der Waals surface area (Å²) in [6.07, 6.45) is 1.87. The molecule has 0 N–H and O–H groups in total. The summed E-state index contributed by atoms with van der Waals surface area (Å²) in [5.74, 6) is -0.887.